The van der Waals surface area contributed by atoms with E-state index in [1.807, 2.05) is 6.08 Å². The van der Waals surface area contributed by atoms with Gasteiger partial charge >= 0.3 is 0 Å². The molecule has 4 aliphatic rings. The summed E-state index contributed by atoms with van der Waals surface area (Å²) in [5, 5.41) is 21.2. The molecular formula is C36H56O3. The molecule has 0 aromatic carbocycles. The van der Waals surface area contributed by atoms with E-state index in [4.69, 9.17) is 0 Å². The number of carbonyl (C=O) groups excluding carboxylic acids is 1. The van der Waals surface area contributed by atoms with Crippen molar-refractivity contribution in [2.24, 2.45) is 28.6 Å². The van der Waals surface area contributed by atoms with Crippen LogP contribution in [0, 0.1) is 28.6 Å². The normalized spacial score (nSPS) is 34.0. The van der Waals surface area contributed by atoms with Crippen molar-refractivity contribution in [3.8, 4) is 0 Å². The predicted octanol–water partition coefficient (Wildman–Crippen LogP) is 8.81. The highest BCUT2D eigenvalue weighted by molar-refractivity contribution is 5.88. The zero-order valence-corrected chi connectivity index (χ0v) is 25.2. The van der Waals surface area contributed by atoms with Crippen LogP contribution in [0.4, 0.5) is 0 Å². The molecule has 0 saturated heterocycles. The number of aliphatic hydroxyl groups excluding tert-OH is 2. The number of Topliss-reactive ketones (excluding diaryl/α,β-unsaturated/α-hetero) is 1. The van der Waals surface area contributed by atoms with Crippen LogP contribution in [0.5, 0.6) is 0 Å². The van der Waals surface area contributed by atoms with Crippen molar-refractivity contribution in [2.45, 2.75) is 142 Å². The Hall–Kier alpha value is -1.45. The Kier molecular flexibility index (Phi) is 10.5. The minimum atomic E-state index is -0.634. The van der Waals surface area contributed by atoms with Crippen molar-refractivity contribution < 1.29 is 15.0 Å². The van der Waals surface area contributed by atoms with Gasteiger partial charge in [-0.3, -0.25) is 4.79 Å². The van der Waals surface area contributed by atoms with Gasteiger partial charge in [-0.05, 0) is 99.4 Å². The summed E-state index contributed by atoms with van der Waals surface area (Å²) in [5.41, 5.74) is 3.79. The molecule has 4 saturated carbocycles. The molecule has 0 spiro atoms. The van der Waals surface area contributed by atoms with Crippen molar-refractivity contribution in [1.82, 2.24) is 0 Å². The first kappa shape index (κ1) is 30.5. The maximum atomic E-state index is 13.0. The maximum absolute atomic E-state index is 13.0. The molecule has 218 valence electrons. The predicted molar refractivity (Wildman–Crippen MR) is 162 cm³/mol. The molecule has 0 radical (unpaired) electrons. The van der Waals surface area contributed by atoms with Gasteiger partial charge in [-0.25, -0.2) is 0 Å². The Labute approximate surface area is 238 Å². The first-order valence-corrected chi connectivity index (χ1v) is 16.4. The van der Waals surface area contributed by atoms with Crippen molar-refractivity contribution in [3.05, 3.63) is 47.6 Å². The fraction of sp³-hybridized carbons (Fsp3) is 0.750. The standard InChI is InChI=1S/C36H56O3/c1-5-6-7-8-9-10-13-33(38)36(23-24-36)34(39)21-15-27(3)31-19-20-32-28(12-11-22-35(31,32)4)16-17-29-25-30(37)18-14-26(29)2/h15-17,21,27,30-32,34,37,39H,2,5-14,18-20,22-25H2,1,3-4H3/b21-15+,28-16+,29-17-/t27-,30+,31-,32+,34-,35-/m1/s1. The van der Waals surface area contributed by atoms with Gasteiger partial charge in [-0.2, -0.15) is 0 Å². The third kappa shape index (κ3) is 7.07. The third-order valence-corrected chi connectivity index (χ3v) is 11.1. The second kappa shape index (κ2) is 13.5. The first-order valence-electron chi connectivity index (χ1n) is 16.4. The Morgan fingerprint density at radius 3 is 2.51 bits per heavy atom. The van der Waals surface area contributed by atoms with Crippen molar-refractivity contribution in [3.63, 3.8) is 0 Å². The van der Waals surface area contributed by atoms with E-state index in [2.05, 4.69) is 45.6 Å². The number of hydrogen-bond donors (Lipinski definition) is 2. The lowest BCUT2D eigenvalue weighted by Gasteiger charge is -2.44. The number of hydrogen-bond acceptors (Lipinski definition) is 3. The molecule has 4 fully saturated rings. The molecule has 4 aliphatic carbocycles. The summed E-state index contributed by atoms with van der Waals surface area (Å²) in [6.07, 6.45) is 26.1. The number of fused-ring (bicyclic) bond motifs is 1. The number of carbonyl (C=O) groups is 1. The van der Waals surface area contributed by atoms with Gasteiger partial charge in [0.05, 0.1) is 17.6 Å². The Balaban J connectivity index is 1.34. The molecular weight excluding hydrogens is 480 g/mol. The lowest BCUT2D eigenvalue weighted by molar-refractivity contribution is -0.127. The van der Waals surface area contributed by atoms with E-state index < -0.39 is 11.5 Å². The highest BCUT2D eigenvalue weighted by Crippen LogP contribution is 2.60. The summed E-state index contributed by atoms with van der Waals surface area (Å²) in [5.74, 6) is 1.90. The van der Waals surface area contributed by atoms with Gasteiger partial charge in [0.15, 0.2) is 0 Å². The summed E-state index contributed by atoms with van der Waals surface area (Å²) in [6.45, 7) is 11.3. The maximum Gasteiger partial charge on any atom is 0.141 e. The lowest BCUT2D eigenvalue weighted by atomic mass is 9.61. The van der Waals surface area contributed by atoms with Gasteiger partial charge in [-0.1, -0.05) is 94.9 Å². The molecule has 3 nitrogen and oxygen atoms in total. The van der Waals surface area contributed by atoms with Crippen LogP contribution in [-0.4, -0.2) is 28.2 Å². The van der Waals surface area contributed by atoms with Crippen LogP contribution >= 0.6 is 0 Å². The summed E-state index contributed by atoms with van der Waals surface area (Å²) in [6, 6.07) is 0. The second-order valence-corrected chi connectivity index (χ2v) is 13.8. The fourth-order valence-electron chi connectivity index (χ4n) is 8.33. The van der Waals surface area contributed by atoms with Gasteiger partial charge in [0.2, 0.25) is 0 Å². The SMILES string of the molecule is C=C1CC[C@H](O)C/C1=C/C=C1\CCC[C@]2(C)[C@@H]([C@H](C)/C=C/[C@@H](O)C3(C(=O)CCCCCCCC)CC3)CC[C@@H]12. The van der Waals surface area contributed by atoms with E-state index in [1.165, 1.54) is 68.9 Å². The highest BCUT2D eigenvalue weighted by Gasteiger charge is 2.54. The molecule has 39 heavy (non-hydrogen) atoms. The topological polar surface area (TPSA) is 57.5 Å². The average molecular weight is 537 g/mol. The van der Waals surface area contributed by atoms with E-state index in [-0.39, 0.29) is 11.5 Å². The smallest absolute Gasteiger partial charge is 0.141 e. The molecule has 0 aromatic rings. The third-order valence-electron chi connectivity index (χ3n) is 11.1. The van der Waals surface area contributed by atoms with E-state index in [0.29, 0.717) is 30.0 Å². The highest BCUT2D eigenvalue weighted by atomic mass is 16.3. The molecule has 0 amide bonds. The Morgan fingerprint density at radius 2 is 1.77 bits per heavy atom. The monoisotopic (exact) mass is 536 g/mol. The summed E-state index contributed by atoms with van der Waals surface area (Å²) < 4.78 is 0. The Bertz CT molecular complexity index is 950. The van der Waals surface area contributed by atoms with Crippen LogP contribution in [-0.2, 0) is 4.79 Å². The van der Waals surface area contributed by atoms with Crippen LogP contribution in [0.1, 0.15) is 130 Å². The zero-order valence-electron chi connectivity index (χ0n) is 25.2. The van der Waals surface area contributed by atoms with Crippen LogP contribution in [0.15, 0.2) is 47.6 Å². The molecule has 0 heterocycles. The largest absolute Gasteiger partial charge is 0.393 e. The fourth-order valence-corrected chi connectivity index (χ4v) is 8.33. The Morgan fingerprint density at radius 1 is 1.03 bits per heavy atom. The number of allylic oxidation sites excluding steroid dienone is 5. The first-order chi connectivity index (χ1) is 18.7. The minimum absolute atomic E-state index is 0.226. The lowest BCUT2D eigenvalue weighted by Crippen LogP contribution is -2.35. The van der Waals surface area contributed by atoms with Gasteiger partial charge in [0.25, 0.3) is 0 Å². The van der Waals surface area contributed by atoms with Crippen molar-refractivity contribution in [2.75, 3.05) is 0 Å². The molecule has 4 rings (SSSR count). The molecule has 0 unspecified atom stereocenters. The van der Waals surface area contributed by atoms with Gasteiger partial charge in [-0.15, -0.1) is 0 Å². The molecule has 3 heteroatoms. The number of ketones is 1. The van der Waals surface area contributed by atoms with Gasteiger partial charge in [0.1, 0.15) is 5.78 Å². The van der Waals surface area contributed by atoms with Crippen LogP contribution in [0.3, 0.4) is 0 Å². The van der Waals surface area contributed by atoms with Crippen molar-refractivity contribution >= 4 is 5.78 Å². The van der Waals surface area contributed by atoms with Crippen LogP contribution < -0.4 is 0 Å². The summed E-state index contributed by atoms with van der Waals surface area (Å²) >= 11 is 0. The summed E-state index contributed by atoms with van der Waals surface area (Å²) in [4.78, 5) is 13.0. The van der Waals surface area contributed by atoms with Gasteiger partial charge < -0.3 is 10.2 Å². The molecule has 2 N–H and O–H groups in total. The second-order valence-electron chi connectivity index (χ2n) is 13.8. The van der Waals surface area contributed by atoms with E-state index in [1.54, 1.807) is 5.57 Å². The van der Waals surface area contributed by atoms with E-state index >= 15 is 0 Å². The zero-order chi connectivity index (χ0) is 28.0. The van der Waals surface area contributed by atoms with Crippen LogP contribution in [0.25, 0.3) is 0 Å². The van der Waals surface area contributed by atoms with E-state index in [0.717, 1.165) is 44.9 Å². The number of unbranched alkanes of at least 4 members (excludes halogenated alkanes) is 5. The van der Waals surface area contributed by atoms with Crippen LogP contribution in [0.2, 0.25) is 0 Å². The minimum Gasteiger partial charge on any atom is -0.393 e. The number of aliphatic hydroxyl groups is 2. The molecule has 0 aliphatic heterocycles. The molecule has 0 aromatic heterocycles. The van der Waals surface area contributed by atoms with Gasteiger partial charge in [0, 0.05) is 6.42 Å². The van der Waals surface area contributed by atoms with Crippen molar-refractivity contribution in [1.29, 1.82) is 0 Å². The molecule has 0 bridgehead atoms. The quantitative estimate of drug-likeness (QED) is 0.183. The molecule has 6 atom stereocenters. The van der Waals surface area contributed by atoms with E-state index in [9.17, 15) is 15.0 Å². The number of rotatable bonds is 13. The summed E-state index contributed by atoms with van der Waals surface area (Å²) in [7, 11) is 0. The average Bonchev–Trinajstić information content (AvgIpc) is 3.66.